The SMILES string of the molecule is O=C(c1ccccc1Cc1ccccc1)N1CC[C@@H](O)C1. The molecule has 0 saturated carbocycles. The Kier molecular flexibility index (Phi) is 4.02. The number of hydrogen-bond acceptors (Lipinski definition) is 2. The molecule has 0 radical (unpaired) electrons. The Morgan fingerprint density at radius 1 is 1.10 bits per heavy atom. The van der Waals surface area contributed by atoms with Crippen molar-refractivity contribution in [1.82, 2.24) is 4.90 Å². The molecule has 0 unspecified atom stereocenters. The Morgan fingerprint density at radius 3 is 2.52 bits per heavy atom. The van der Waals surface area contributed by atoms with Crippen molar-refractivity contribution >= 4 is 5.91 Å². The predicted molar refractivity (Wildman–Crippen MR) is 82.2 cm³/mol. The van der Waals surface area contributed by atoms with Gasteiger partial charge in [-0.3, -0.25) is 4.79 Å². The van der Waals surface area contributed by atoms with E-state index in [0.717, 1.165) is 17.5 Å². The van der Waals surface area contributed by atoms with Crippen LogP contribution in [-0.4, -0.2) is 35.1 Å². The van der Waals surface area contributed by atoms with E-state index in [0.29, 0.717) is 19.5 Å². The van der Waals surface area contributed by atoms with Crippen LogP contribution in [0.1, 0.15) is 27.9 Å². The van der Waals surface area contributed by atoms with Gasteiger partial charge in [0, 0.05) is 18.7 Å². The van der Waals surface area contributed by atoms with Crippen LogP contribution >= 0.6 is 0 Å². The van der Waals surface area contributed by atoms with E-state index in [1.165, 1.54) is 5.56 Å². The first-order chi connectivity index (χ1) is 10.2. The van der Waals surface area contributed by atoms with Crippen LogP contribution in [0.3, 0.4) is 0 Å². The van der Waals surface area contributed by atoms with E-state index in [1.54, 1.807) is 4.90 Å². The molecule has 2 aromatic carbocycles. The molecule has 21 heavy (non-hydrogen) atoms. The molecular formula is C18H19NO2. The molecule has 3 nitrogen and oxygen atoms in total. The van der Waals surface area contributed by atoms with E-state index in [4.69, 9.17) is 0 Å². The van der Waals surface area contributed by atoms with Gasteiger partial charge in [0.1, 0.15) is 0 Å². The van der Waals surface area contributed by atoms with Gasteiger partial charge in [-0.05, 0) is 30.0 Å². The minimum atomic E-state index is -0.379. The van der Waals surface area contributed by atoms with Crippen molar-refractivity contribution in [2.75, 3.05) is 13.1 Å². The van der Waals surface area contributed by atoms with Crippen molar-refractivity contribution in [3.63, 3.8) is 0 Å². The lowest BCUT2D eigenvalue weighted by Gasteiger charge is -2.18. The first-order valence-corrected chi connectivity index (χ1v) is 7.33. The van der Waals surface area contributed by atoms with Gasteiger partial charge in [-0.25, -0.2) is 0 Å². The van der Waals surface area contributed by atoms with Gasteiger partial charge in [-0.1, -0.05) is 48.5 Å². The molecule has 0 aliphatic carbocycles. The van der Waals surface area contributed by atoms with Crippen LogP contribution in [0, 0.1) is 0 Å². The second-order valence-corrected chi connectivity index (χ2v) is 5.51. The first kappa shape index (κ1) is 13.8. The second kappa shape index (κ2) is 6.10. The van der Waals surface area contributed by atoms with Crippen LogP contribution in [-0.2, 0) is 6.42 Å². The highest BCUT2D eigenvalue weighted by molar-refractivity contribution is 5.96. The van der Waals surface area contributed by atoms with E-state index in [9.17, 15) is 9.90 Å². The van der Waals surface area contributed by atoms with E-state index >= 15 is 0 Å². The zero-order chi connectivity index (χ0) is 14.7. The van der Waals surface area contributed by atoms with Gasteiger partial charge in [0.15, 0.2) is 0 Å². The summed E-state index contributed by atoms with van der Waals surface area (Å²) in [6, 6.07) is 17.9. The van der Waals surface area contributed by atoms with Crippen LogP contribution in [0.5, 0.6) is 0 Å². The van der Waals surface area contributed by atoms with Gasteiger partial charge in [0.25, 0.3) is 5.91 Å². The van der Waals surface area contributed by atoms with E-state index in [2.05, 4.69) is 12.1 Å². The lowest BCUT2D eigenvalue weighted by Crippen LogP contribution is -2.30. The average Bonchev–Trinajstić information content (AvgIpc) is 2.95. The van der Waals surface area contributed by atoms with Crippen LogP contribution < -0.4 is 0 Å². The number of benzene rings is 2. The van der Waals surface area contributed by atoms with Crippen LogP contribution in [0.2, 0.25) is 0 Å². The molecule has 1 heterocycles. The number of carbonyl (C=O) groups excluding carboxylic acids is 1. The molecule has 1 fully saturated rings. The molecule has 108 valence electrons. The summed E-state index contributed by atoms with van der Waals surface area (Å²) in [7, 11) is 0. The first-order valence-electron chi connectivity index (χ1n) is 7.33. The van der Waals surface area contributed by atoms with Crippen molar-refractivity contribution < 1.29 is 9.90 Å². The maximum atomic E-state index is 12.6. The fourth-order valence-electron chi connectivity index (χ4n) is 2.80. The quantitative estimate of drug-likeness (QED) is 0.939. The highest BCUT2D eigenvalue weighted by Crippen LogP contribution is 2.19. The minimum absolute atomic E-state index is 0.0260. The van der Waals surface area contributed by atoms with Crippen molar-refractivity contribution in [1.29, 1.82) is 0 Å². The van der Waals surface area contributed by atoms with E-state index in [1.807, 2.05) is 42.5 Å². The van der Waals surface area contributed by atoms with Crippen molar-refractivity contribution in [2.45, 2.75) is 18.9 Å². The maximum absolute atomic E-state index is 12.6. The predicted octanol–water partition coefficient (Wildman–Crippen LogP) is 2.48. The third-order valence-electron chi connectivity index (χ3n) is 3.94. The summed E-state index contributed by atoms with van der Waals surface area (Å²) in [6.45, 7) is 1.08. The zero-order valence-corrected chi connectivity index (χ0v) is 11.9. The number of rotatable bonds is 3. The number of aliphatic hydroxyl groups is 1. The maximum Gasteiger partial charge on any atom is 0.254 e. The minimum Gasteiger partial charge on any atom is -0.391 e. The smallest absolute Gasteiger partial charge is 0.254 e. The summed E-state index contributed by atoms with van der Waals surface area (Å²) in [4.78, 5) is 14.4. The van der Waals surface area contributed by atoms with Crippen LogP contribution in [0.25, 0.3) is 0 Å². The Hall–Kier alpha value is -2.13. The van der Waals surface area contributed by atoms with Gasteiger partial charge < -0.3 is 10.0 Å². The second-order valence-electron chi connectivity index (χ2n) is 5.51. The number of hydrogen-bond donors (Lipinski definition) is 1. The molecule has 3 rings (SSSR count). The largest absolute Gasteiger partial charge is 0.391 e. The lowest BCUT2D eigenvalue weighted by atomic mass is 9.99. The average molecular weight is 281 g/mol. The van der Waals surface area contributed by atoms with Gasteiger partial charge in [-0.15, -0.1) is 0 Å². The fraction of sp³-hybridized carbons (Fsp3) is 0.278. The molecule has 1 saturated heterocycles. The van der Waals surface area contributed by atoms with Gasteiger partial charge in [-0.2, -0.15) is 0 Å². The Morgan fingerprint density at radius 2 is 1.81 bits per heavy atom. The van der Waals surface area contributed by atoms with Crippen molar-refractivity contribution in [2.24, 2.45) is 0 Å². The van der Waals surface area contributed by atoms with Gasteiger partial charge in [0.05, 0.1) is 6.10 Å². The highest BCUT2D eigenvalue weighted by atomic mass is 16.3. The number of carbonyl (C=O) groups is 1. The Balaban J connectivity index is 1.84. The normalized spacial score (nSPS) is 18.0. The molecule has 3 heteroatoms. The van der Waals surface area contributed by atoms with Crippen LogP contribution in [0.4, 0.5) is 0 Å². The van der Waals surface area contributed by atoms with E-state index < -0.39 is 0 Å². The summed E-state index contributed by atoms with van der Waals surface area (Å²) >= 11 is 0. The molecular weight excluding hydrogens is 262 g/mol. The molecule has 1 amide bonds. The molecule has 0 bridgehead atoms. The number of β-amino-alcohol motifs (C(OH)–C–C–N with tert-alkyl or cyclic N) is 1. The van der Waals surface area contributed by atoms with Crippen LogP contribution in [0.15, 0.2) is 54.6 Å². The third kappa shape index (κ3) is 3.14. The Labute approximate surface area is 124 Å². The highest BCUT2D eigenvalue weighted by Gasteiger charge is 2.26. The Bertz CT molecular complexity index is 624. The number of amides is 1. The van der Waals surface area contributed by atoms with Crippen molar-refractivity contribution in [3.8, 4) is 0 Å². The molecule has 1 atom stereocenters. The summed E-state index contributed by atoms with van der Waals surface area (Å²) in [5.41, 5.74) is 2.98. The molecule has 1 aliphatic rings. The number of aliphatic hydroxyl groups excluding tert-OH is 1. The number of nitrogens with zero attached hydrogens (tertiary/aromatic N) is 1. The van der Waals surface area contributed by atoms with Gasteiger partial charge in [0.2, 0.25) is 0 Å². The standard InChI is InChI=1S/C18H19NO2/c20-16-10-11-19(13-16)18(21)17-9-5-4-8-15(17)12-14-6-2-1-3-7-14/h1-9,16,20H,10-13H2/t16-/m1/s1. The van der Waals surface area contributed by atoms with Crippen molar-refractivity contribution in [3.05, 3.63) is 71.3 Å². The monoisotopic (exact) mass is 281 g/mol. The molecule has 0 spiro atoms. The number of likely N-dealkylation sites (tertiary alicyclic amines) is 1. The summed E-state index contributed by atoms with van der Waals surface area (Å²) in [5.74, 6) is 0.0260. The summed E-state index contributed by atoms with van der Waals surface area (Å²) in [6.07, 6.45) is 1.04. The topological polar surface area (TPSA) is 40.5 Å². The van der Waals surface area contributed by atoms with Gasteiger partial charge >= 0.3 is 0 Å². The molecule has 1 N–H and O–H groups in total. The molecule has 0 aromatic heterocycles. The summed E-state index contributed by atoms with van der Waals surface area (Å²) in [5, 5.41) is 9.61. The third-order valence-corrected chi connectivity index (χ3v) is 3.94. The fourth-order valence-corrected chi connectivity index (χ4v) is 2.80. The summed E-state index contributed by atoms with van der Waals surface area (Å²) < 4.78 is 0. The van der Waals surface area contributed by atoms with E-state index in [-0.39, 0.29) is 12.0 Å². The molecule has 2 aromatic rings. The lowest BCUT2D eigenvalue weighted by molar-refractivity contribution is 0.0764. The molecule has 1 aliphatic heterocycles. The zero-order valence-electron chi connectivity index (χ0n) is 11.9.